The smallest absolute Gasteiger partial charge is 0.307 e. The van der Waals surface area contributed by atoms with E-state index >= 15 is 0 Å². The molecule has 1 atom stereocenters. The maximum atomic E-state index is 10.9. The highest BCUT2D eigenvalue weighted by molar-refractivity contribution is 5.70. The number of hydrogen-bond acceptors (Lipinski definition) is 3. The van der Waals surface area contributed by atoms with Crippen LogP contribution in [-0.4, -0.2) is 18.6 Å². The highest BCUT2D eigenvalue weighted by Gasteiger charge is 2.14. The maximum Gasteiger partial charge on any atom is 0.307 e. The average Bonchev–Trinajstić information content (AvgIpc) is 2.40. The molecular weight excluding hydrogens is 142 g/mol. The summed E-state index contributed by atoms with van der Waals surface area (Å²) in [4.78, 5) is 10.9. The average molecular weight is 155 g/mol. The van der Waals surface area contributed by atoms with Gasteiger partial charge in [0.1, 0.15) is 0 Å². The van der Waals surface area contributed by atoms with Crippen molar-refractivity contribution in [2.45, 2.75) is 25.8 Å². The van der Waals surface area contributed by atoms with E-state index in [1.54, 1.807) is 0 Å². The Bertz CT molecular complexity index is 157. The summed E-state index contributed by atoms with van der Waals surface area (Å²) >= 11 is 0. The first-order chi connectivity index (χ1) is 5.33. The monoisotopic (exact) mass is 155 g/mol. The third-order valence-corrected chi connectivity index (χ3v) is 1.59. The van der Waals surface area contributed by atoms with Gasteiger partial charge in [0.2, 0.25) is 0 Å². The quantitative estimate of drug-likeness (QED) is 0.613. The second-order valence-electron chi connectivity index (χ2n) is 2.51. The molecule has 1 aliphatic heterocycles. The molecule has 0 aromatic rings. The molecule has 0 amide bonds. The zero-order valence-electron chi connectivity index (χ0n) is 6.67. The number of ether oxygens (including phenoxy) is 1. The number of nitrogens with one attached hydrogen (secondary N) is 1. The molecule has 0 radical (unpaired) electrons. The van der Waals surface area contributed by atoms with Crippen molar-refractivity contribution in [2.24, 2.45) is 0 Å². The maximum absolute atomic E-state index is 10.9. The van der Waals surface area contributed by atoms with Crippen LogP contribution in [0.1, 0.15) is 19.8 Å². The zero-order chi connectivity index (χ0) is 8.10. The second kappa shape index (κ2) is 4.01. The number of rotatable bonds is 3. The van der Waals surface area contributed by atoms with Crippen LogP contribution in [0.15, 0.2) is 12.3 Å². The molecule has 0 fully saturated rings. The van der Waals surface area contributed by atoms with Crippen molar-refractivity contribution >= 4 is 5.97 Å². The normalized spacial score (nSPS) is 21.4. The molecular formula is C8H13NO2. The van der Waals surface area contributed by atoms with Gasteiger partial charge < -0.3 is 10.1 Å². The van der Waals surface area contributed by atoms with Crippen molar-refractivity contribution in [3.8, 4) is 0 Å². The molecule has 0 spiro atoms. The Kier molecular flexibility index (Phi) is 2.95. The summed E-state index contributed by atoms with van der Waals surface area (Å²) in [5, 5.41) is 3.06. The first-order valence-corrected chi connectivity index (χ1v) is 3.89. The largest absolute Gasteiger partial charge is 0.466 e. The minimum atomic E-state index is -0.117. The van der Waals surface area contributed by atoms with Crippen LogP contribution >= 0.6 is 0 Å². The zero-order valence-corrected chi connectivity index (χ0v) is 6.67. The first-order valence-electron chi connectivity index (χ1n) is 3.89. The molecule has 62 valence electrons. The van der Waals surface area contributed by atoms with Gasteiger partial charge in [0.15, 0.2) is 0 Å². The van der Waals surface area contributed by atoms with E-state index in [1.807, 2.05) is 19.2 Å². The summed E-state index contributed by atoms with van der Waals surface area (Å²) < 4.78 is 4.80. The van der Waals surface area contributed by atoms with Gasteiger partial charge in [0.05, 0.1) is 13.0 Å². The Balaban J connectivity index is 2.15. The third-order valence-electron chi connectivity index (χ3n) is 1.59. The molecule has 1 rings (SSSR count). The van der Waals surface area contributed by atoms with E-state index in [0.717, 1.165) is 6.42 Å². The van der Waals surface area contributed by atoms with Crippen LogP contribution in [0.2, 0.25) is 0 Å². The van der Waals surface area contributed by atoms with E-state index in [4.69, 9.17) is 4.74 Å². The van der Waals surface area contributed by atoms with Gasteiger partial charge in [-0.15, -0.1) is 0 Å². The van der Waals surface area contributed by atoms with Crippen molar-refractivity contribution in [2.75, 3.05) is 6.61 Å². The lowest BCUT2D eigenvalue weighted by molar-refractivity contribution is -0.143. The molecule has 3 nitrogen and oxygen atoms in total. The molecule has 0 saturated carbocycles. The van der Waals surface area contributed by atoms with E-state index in [1.165, 1.54) is 0 Å². The number of carbonyl (C=O) groups is 1. The van der Waals surface area contributed by atoms with Gasteiger partial charge in [-0.1, -0.05) is 6.08 Å². The van der Waals surface area contributed by atoms with E-state index in [-0.39, 0.29) is 12.0 Å². The van der Waals surface area contributed by atoms with Crippen LogP contribution in [0.4, 0.5) is 0 Å². The Morgan fingerprint density at radius 1 is 1.82 bits per heavy atom. The third kappa shape index (κ3) is 2.62. The van der Waals surface area contributed by atoms with E-state index in [9.17, 15) is 4.79 Å². The Morgan fingerprint density at radius 3 is 3.18 bits per heavy atom. The van der Waals surface area contributed by atoms with Crippen molar-refractivity contribution in [3.63, 3.8) is 0 Å². The minimum Gasteiger partial charge on any atom is -0.466 e. The van der Waals surface area contributed by atoms with Crippen LogP contribution in [0.3, 0.4) is 0 Å². The molecule has 0 aromatic carbocycles. The lowest BCUT2D eigenvalue weighted by Gasteiger charge is -2.08. The lowest BCUT2D eigenvalue weighted by Crippen LogP contribution is -2.23. The molecule has 11 heavy (non-hydrogen) atoms. The van der Waals surface area contributed by atoms with E-state index < -0.39 is 0 Å². The van der Waals surface area contributed by atoms with Crippen LogP contribution in [0, 0.1) is 0 Å². The number of carbonyl (C=O) groups excluding carboxylic acids is 1. The van der Waals surface area contributed by atoms with Crippen molar-refractivity contribution in [3.05, 3.63) is 12.3 Å². The van der Waals surface area contributed by atoms with Crippen LogP contribution in [-0.2, 0) is 9.53 Å². The van der Waals surface area contributed by atoms with Gasteiger partial charge in [-0.3, -0.25) is 4.79 Å². The molecule has 0 aliphatic carbocycles. The van der Waals surface area contributed by atoms with Gasteiger partial charge in [-0.2, -0.15) is 0 Å². The van der Waals surface area contributed by atoms with Gasteiger partial charge in [0, 0.05) is 6.04 Å². The van der Waals surface area contributed by atoms with Crippen LogP contribution < -0.4 is 5.32 Å². The fraction of sp³-hybridized carbons (Fsp3) is 0.625. The number of hydrogen-bond donors (Lipinski definition) is 1. The lowest BCUT2D eigenvalue weighted by atomic mass is 10.2. The summed E-state index contributed by atoms with van der Waals surface area (Å²) in [7, 11) is 0. The van der Waals surface area contributed by atoms with Gasteiger partial charge >= 0.3 is 5.97 Å². The van der Waals surface area contributed by atoms with Crippen LogP contribution in [0.25, 0.3) is 0 Å². The molecule has 0 bridgehead atoms. The molecule has 3 heteroatoms. The molecule has 1 N–H and O–H groups in total. The summed E-state index contributed by atoms with van der Waals surface area (Å²) in [6.07, 6.45) is 5.30. The topological polar surface area (TPSA) is 38.3 Å². The van der Waals surface area contributed by atoms with Crippen LogP contribution in [0.5, 0.6) is 0 Å². The second-order valence-corrected chi connectivity index (χ2v) is 2.51. The highest BCUT2D eigenvalue weighted by atomic mass is 16.5. The summed E-state index contributed by atoms with van der Waals surface area (Å²) in [6, 6.07) is 0.258. The Morgan fingerprint density at radius 2 is 2.64 bits per heavy atom. The van der Waals surface area contributed by atoms with Gasteiger partial charge in [-0.05, 0) is 19.5 Å². The van der Waals surface area contributed by atoms with Gasteiger partial charge in [0.25, 0.3) is 0 Å². The van der Waals surface area contributed by atoms with E-state index in [0.29, 0.717) is 13.0 Å². The summed E-state index contributed by atoms with van der Waals surface area (Å²) in [5.74, 6) is -0.117. The highest BCUT2D eigenvalue weighted by Crippen LogP contribution is 2.05. The Labute approximate surface area is 66.4 Å². The molecule has 1 heterocycles. The van der Waals surface area contributed by atoms with Crippen molar-refractivity contribution < 1.29 is 9.53 Å². The standard InChI is InChI=1S/C8H13NO2/c1-2-11-8(10)6-7-4-3-5-9-7/h3,5,7,9H,2,4,6H2,1H3. The summed E-state index contributed by atoms with van der Waals surface area (Å²) in [6.45, 7) is 2.29. The predicted octanol–water partition coefficient (Wildman–Crippen LogP) is 0.815. The molecule has 1 aliphatic rings. The van der Waals surface area contributed by atoms with Gasteiger partial charge in [-0.25, -0.2) is 0 Å². The molecule has 0 saturated heterocycles. The van der Waals surface area contributed by atoms with Crippen molar-refractivity contribution in [1.82, 2.24) is 5.32 Å². The Hall–Kier alpha value is -0.990. The first kappa shape index (κ1) is 8.11. The van der Waals surface area contributed by atoms with Crippen molar-refractivity contribution in [1.29, 1.82) is 0 Å². The van der Waals surface area contributed by atoms with E-state index in [2.05, 4.69) is 5.32 Å². The predicted molar refractivity (Wildman–Crippen MR) is 41.9 cm³/mol. The fourth-order valence-corrected chi connectivity index (χ4v) is 1.07. The molecule has 1 unspecified atom stereocenters. The fourth-order valence-electron chi connectivity index (χ4n) is 1.07. The molecule has 0 aromatic heterocycles. The SMILES string of the molecule is CCOC(=O)CC1CC=CN1. The number of esters is 1. The summed E-state index contributed by atoms with van der Waals surface area (Å²) in [5.41, 5.74) is 0. The minimum absolute atomic E-state index is 0.117.